The van der Waals surface area contributed by atoms with Gasteiger partial charge in [-0.05, 0) is 37.8 Å². The predicted octanol–water partition coefficient (Wildman–Crippen LogP) is 3.84. The maximum absolute atomic E-state index is 12.9. The minimum atomic E-state index is -0.562. The average Bonchev–Trinajstić information content (AvgIpc) is 2.52. The molecule has 1 aliphatic carbocycles. The molecule has 1 saturated carbocycles. The fourth-order valence-electron chi connectivity index (χ4n) is 4.24. The Kier molecular flexibility index (Phi) is 3.84. The summed E-state index contributed by atoms with van der Waals surface area (Å²) in [4.78, 5) is 26.7. The Morgan fingerprint density at radius 1 is 1.18 bits per heavy atom. The second-order valence-corrected chi connectivity index (χ2v) is 7.26. The number of fused-ring (bicyclic) bond motifs is 1. The molecule has 1 fully saturated rings. The third-order valence-electron chi connectivity index (χ3n) is 5.50. The Bertz CT molecular complexity index is 616. The van der Waals surface area contributed by atoms with Gasteiger partial charge in [0.25, 0.3) is 5.91 Å². The second-order valence-electron chi connectivity index (χ2n) is 7.26. The SMILES string of the molecule is Cc1ccc2c(c1)C(=O)N(C)C(=O)C2(C)CC1CCCCC1. The monoisotopic (exact) mass is 299 g/mol. The second kappa shape index (κ2) is 5.53. The van der Waals surface area contributed by atoms with E-state index in [-0.39, 0.29) is 11.8 Å². The molecule has 0 spiro atoms. The minimum Gasteiger partial charge on any atom is -0.281 e. The van der Waals surface area contributed by atoms with Crippen LogP contribution in [0, 0.1) is 12.8 Å². The molecule has 1 heterocycles. The van der Waals surface area contributed by atoms with Gasteiger partial charge in [-0.15, -0.1) is 0 Å². The van der Waals surface area contributed by atoms with E-state index >= 15 is 0 Å². The zero-order chi connectivity index (χ0) is 15.9. The van der Waals surface area contributed by atoms with Crippen LogP contribution in [-0.4, -0.2) is 23.8 Å². The molecule has 3 rings (SSSR count). The van der Waals surface area contributed by atoms with Crippen molar-refractivity contribution in [3.05, 3.63) is 34.9 Å². The zero-order valence-corrected chi connectivity index (χ0v) is 13.8. The zero-order valence-electron chi connectivity index (χ0n) is 13.8. The molecule has 1 atom stereocenters. The summed E-state index contributed by atoms with van der Waals surface area (Å²) in [5, 5.41) is 0. The summed E-state index contributed by atoms with van der Waals surface area (Å²) in [6.45, 7) is 4.02. The van der Waals surface area contributed by atoms with E-state index in [1.807, 2.05) is 32.0 Å². The first-order chi connectivity index (χ1) is 10.4. The van der Waals surface area contributed by atoms with Crippen molar-refractivity contribution in [3.63, 3.8) is 0 Å². The largest absolute Gasteiger partial charge is 0.281 e. The summed E-state index contributed by atoms with van der Waals surface area (Å²) in [6, 6.07) is 5.94. The maximum Gasteiger partial charge on any atom is 0.260 e. The fourth-order valence-corrected chi connectivity index (χ4v) is 4.24. The molecule has 0 radical (unpaired) electrons. The Hall–Kier alpha value is -1.64. The highest BCUT2D eigenvalue weighted by molar-refractivity contribution is 6.12. The molecule has 0 aromatic heterocycles. The van der Waals surface area contributed by atoms with Crippen molar-refractivity contribution < 1.29 is 9.59 Å². The number of carbonyl (C=O) groups excluding carboxylic acids is 2. The van der Waals surface area contributed by atoms with Crippen LogP contribution in [-0.2, 0) is 10.2 Å². The van der Waals surface area contributed by atoms with Crippen LogP contribution in [0.3, 0.4) is 0 Å². The van der Waals surface area contributed by atoms with Gasteiger partial charge in [-0.25, -0.2) is 0 Å². The molecule has 1 aromatic carbocycles. The number of rotatable bonds is 2. The van der Waals surface area contributed by atoms with Crippen LogP contribution in [0.1, 0.15) is 66.9 Å². The molecular weight excluding hydrogens is 274 g/mol. The Morgan fingerprint density at radius 3 is 2.55 bits per heavy atom. The molecule has 3 nitrogen and oxygen atoms in total. The molecule has 0 N–H and O–H groups in total. The minimum absolute atomic E-state index is 0.0422. The van der Waals surface area contributed by atoms with Crippen molar-refractivity contribution in [2.75, 3.05) is 7.05 Å². The van der Waals surface area contributed by atoms with Gasteiger partial charge in [0, 0.05) is 12.6 Å². The lowest BCUT2D eigenvalue weighted by atomic mass is 9.68. The number of aryl methyl sites for hydroxylation is 1. The average molecular weight is 299 g/mol. The van der Waals surface area contributed by atoms with E-state index < -0.39 is 5.41 Å². The van der Waals surface area contributed by atoms with Crippen LogP contribution < -0.4 is 0 Å². The molecule has 2 amide bonds. The number of hydrogen-bond donors (Lipinski definition) is 0. The van der Waals surface area contributed by atoms with Gasteiger partial charge < -0.3 is 0 Å². The highest BCUT2D eigenvalue weighted by Crippen LogP contribution is 2.42. The van der Waals surface area contributed by atoms with Gasteiger partial charge in [-0.1, -0.05) is 49.8 Å². The number of benzene rings is 1. The fraction of sp³-hybridized carbons (Fsp3) is 0.579. The summed E-state index contributed by atoms with van der Waals surface area (Å²) in [6.07, 6.45) is 7.13. The highest BCUT2D eigenvalue weighted by atomic mass is 16.2. The number of hydrogen-bond acceptors (Lipinski definition) is 2. The number of carbonyl (C=O) groups is 2. The predicted molar refractivity (Wildman–Crippen MR) is 86.8 cm³/mol. The van der Waals surface area contributed by atoms with E-state index in [1.165, 1.54) is 37.0 Å². The van der Waals surface area contributed by atoms with Crippen molar-refractivity contribution in [2.24, 2.45) is 5.92 Å². The smallest absolute Gasteiger partial charge is 0.260 e. The van der Waals surface area contributed by atoms with Crippen molar-refractivity contribution in [1.82, 2.24) is 4.90 Å². The Morgan fingerprint density at radius 2 is 1.86 bits per heavy atom. The van der Waals surface area contributed by atoms with Crippen LogP contribution in [0.25, 0.3) is 0 Å². The first kappa shape index (κ1) is 15.3. The third-order valence-corrected chi connectivity index (χ3v) is 5.50. The summed E-state index contributed by atoms with van der Waals surface area (Å²) in [5.41, 5.74) is 2.14. The Labute approximate surface area is 132 Å². The number of amides is 2. The lowest BCUT2D eigenvalue weighted by Crippen LogP contribution is -2.52. The van der Waals surface area contributed by atoms with Crippen molar-refractivity contribution in [1.29, 1.82) is 0 Å². The molecule has 2 aliphatic rings. The van der Waals surface area contributed by atoms with E-state index in [4.69, 9.17) is 0 Å². The topological polar surface area (TPSA) is 37.4 Å². The summed E-state index contributed by atoms with van der Waals surface area (Å²) >= 11 is 0. The van der Waals surface area contributed by atoms with Crippen LogP contribution >= 0.6 is 0 Å². The Balaban J connectivity index is 2.03. The van der Waals surface area contributed by atoms with Crippen molar-refractivity contribution in [3.8, 4) is 0 Å². The van der Waals surface area contributed by atoms with Crippen LogP contribution in [0.5, 0.6) is 0 Å². The van der Waals surface area contributed by atoms with Gasteiger partial charge in [0.1, 0.15) is 0 Å². The molecule has 0 saturated heterocycles. The van der Waals surface area contributed by atoms with E-state index in [2.05, 4.69) is 0 Å². The van der Waals surface area contributed by atoms with Crippen molar-refractivity contribution >= 4 is 11.8 Å². The van der Waals surface area contributed by atoms with Gasteiger partial charge in [-0.3, -0.25) is 14.5 Å². The molecule has 1 unspecified atom stereocenters. The quantitative estimate of drug-likeness (QED) is 0.778. The van der Waals surface area contributed by atoms with E-state index in [0.717, 1.165) is 17.5 Å². The van der Waals surface area contributed by atoms with Gasteiger partial charge in [-0.2, -0.15) is 0 Å². The normalized spacial score (nSPS) is 26.2. The summed E-state index contributed by atoms with van der Waals surface area (Å²) < 4.78 is 0. The van der Waals surface area contributed by atoms with Gasteiger partial charge in [0.2, 0.25) is 5.91 Å². The number of likely N-dealkylation sites (N-methyl/N-ethyl adjacent to an activating group) is 1. The lowest BCUT2D eigenvalue weighted by Gasteiger charge is -2.41. The summed E-state index contributed by atoms with van der Waals surface area (Å²) in [7, 11) is 1.62. The molecule has 118 valence electrons. The molecule has 3 heteroatoms. The molecule has 1 aliphatic heterocycles. The first-order valence-corrected chi connectivity index (χ1v) is 8.37. The van der Waals surface area contributed by atoms with Crippen molar-refractivity contribution in [2.45, 2.75) is 57.8 Å². The van der Waals surface area contributed by atoms with Gasteiger partial charge in [0.05, 0.1) is 5.41 Å². The number of imide groups is 1. The van der Waals surface area contributed by atoms with Gasteiger partial charge in [0.15, 0.2) is 0 Å². The lowest BCUT2D eigenvalue weighted by molar-refractivity contribution is -0.134. The van der Waals surface area contributed by atoms with Crippen LogP contribution in [0.2, 0.25) is 0 Å². The summed E-state index contributed by atoms with van der Waals surface area (Å²) in [5.74, 6) is 0.391. The third kappa shape index (κ3) is 2.37. The maximum atomic E-state index is 12.9. The highest BCUT2D eigenvalue weighted by Gasteiger charge is 2.47. The van der Waals surface area contributed by atoms with E-state index in [0.29, 0.717) is 11.5 Å². The first-order valence-electron chi connectivity index (χ1n) is 8.37. The molecule has 0 bridgehead atoms. The van der Waals surface area contributed by atoms with Crippen LogP contribution in [0.15, 0.2) is 18.2 Å². The standard InChI is InChI=1S/C19H25NO2/c1-13-9-10-16-15(11-13)17(21)20(3)18(22)19(16,2)12-14-7-5-4-6-8-14/h9-11,14H,4-8,12H2,1-3H3. The van der Waals surface area contributed by atoms with Crippen LogP contribution in [0.4, 0.5) is 0 Å². The molecule has 22 heavy (non-hydrogen) atoms. The molecular formula is C19H25NO2. The van der Waals surface area contributed by atoms with Gasteiger partial charge >= 0.3 is 0 Å². The molecule has 1 aromatic rings. The van der Waals surface area contributed by atoms with E-state index in [9.17, 15) is 9.59 Å². The number of nitrogens with zero attached hydrogens (tertiary/aromatic N) is 1. The van der Waals surface area contributed by atoms with E-state index in [1.54, 1.807) is 7.05 Å².